The van der Waals surface area contributed by atoms with Crippen LogP contribution in [0.3, 0.4) is 0 Å². The maximum absolute atomic E-state index is 13.3. The number of ether oxygens (including phenoxy) is 6. The molecule has 8 rings (SSSR count). The summed E-state index contributed by atoms with van der Waals surface area (Å²) in [6, 6.07) is 0. The van der Waals surface area contributed by atoms with Crippen molar-refractivity contribution < 1.29 is 85.8 Å². The molecule has 3 heterocycles. The van der Waals surface area contributed by atoms with Crippen molar-refractivity contribution in [3.8, 4) is 0 Å². The fourth-order valence-electron chi connectivity index (χ4n) is 15.5. The second-order valence-corrected chi connectivity index (χ2v) is 25.4. The SMILES string of the molecule is CC[C@H](C)C(=O)NCCCC(=O)O[C@H]1C[C@]23CO[C@@]4(C=C[C@@H]5[C@@]6(C)CC[C@H](O[C@@H]7OC[C@H](O)[C@H](O)[C@H]7O[C@@H]7O[C@H](CO)[C@@H](O)[C@H](O)[C@H]7OS(=O)(=O)O)C(C)(C)[C@@H]6CC[C@@]5(C)[C@]4(C)C[C@@H]2O)[C@@H]3CC1(C)C. The van der Waals surface area contributed by atoms with Gasteiger partial charge in [-0.1, -0.05) is 74.5 Å². The summed E-state index contributed by atoms with van der Waals surface area (Å²) in [7, 11) is -5.24. The third-order valence-electron chi connectivity index (χ3n) is 20.0. The van der Waals surface area contributed by atoms with Crippen LogP contribution in [0.15, 0.2) is 12.2 Å². The van der Waals surface area contributed by atoms with Gasteiger partial charge in [-0.15, -0.1) is 0 Å². The quantitative estimate of drug-likeness (QED) is 0.0408. The van der Waals surface area contributed by atoms with Crippen molar-refractivity contribution in [2.24, 2.45) is 56.2 Å². The number of fused-ring (bicyclic) bond motifs is 4. The number of nitrogens with one attached hydrogen (secondary N) is 1. The van der Waals surface area contributed by atoms with Crippen LogP contribution in [-0.2, 0) is 52.6 Å². The Kier molecular flexibility index (Phi) is 14.8. The number of esters is 1. The molecular weight excluding hydrogens is 935 g/mol. The van der Waals surface area contributed by atoms with Crippen LogP contribution in [0.4, 0.5) is 0 Å². The minimum atomic E-state index is -5.24. The van der Waals surface area contributed by atoms with Crippen molar-refractivity contribution in [1.82, 2.24) is 5.32 Å². The molecule has 0 unspecified atom stereocenters. The molecule has 20 heteroatoms. The summed E-state index contributed by atoms with van der Waals surface area (Å²) in [6.07, 6.45) is -6.08. The summed E-state index contributed by atoms with van der Waals surface area (Å²) in [4.78, 5) is 25.6. The van der Waals surface area contributed by atoms with Gasteiger partial charge in [0.25, 0.3) is 0 Å². The van der Waals surface area contributed by atoms with Gasteiger partial charge in [-0.05, 0) is 85.9 Å². The fourth-order valence-corrected chi connectivity index (χ4v) is 16.0. The summed E-state index contributed by atoms with van der Waals surface area (Å²) in [5.74, 6) is -0.243. The van der Waals surface area contributed by atoms with E-state index in [1.165, 1.54) is 0 Å². The van der Waals surface area contributed by atoms with Crippen LogP contribution in [-0.4, -0.2) is 161 Å². The van der Waals surface area contributed by atoms with Gasteiger partial charge in [0.05, 0.1) is 37.6 Å². The van der Waals surface area contributed by atoms with E-state index in [4.69, 9.17) is 28.4 Å². The van der Waals surface area contributed by atoms with Crippen LogP contribution in [0.2, 0.25) is 0 Å². The van der Waals surface area contributed by atoms with Crippen LogP contribution >= 0.6 is 0 Å². The largest absolute Gasteiger partial charge is 0.462 e. The van der Waals surface area contributed by atoms with E-state index >= 15 is 0 Å². The van der Waals surface area contributed by atoms with Crippen LogP contribution in [0, 0.1) is 56.2 Å². The van der Waals surface area contributed by atoms with Gasteiger partial charge in [-0.3, -0.25) is 14.1 Å². The Morgan fingerprint density at radius 2 is 1.59 bits per heavy atom. The Bertz CT molecular complexity index is 2090. The Balaban J connectivity index is 0.997. The molecule has 0 aromatic heterocycles. The lowest BCUT2D eigenvalue weighted by Gasteiger charge is -2.73. The molecule has 70 heavy (non-hydrogen) atoms. The van der Waals surface area contributed by atoms with Gasteiger partial charge in [0.2, 0.25) is 5.91 Å². The summed E-state index contributed by atoms with van der Waals surface area (Å²) in [5.41, 5.74) is -3.20. The van der Waals surface area contributed by atoms with E-state index in [0.29, 0.717) is 45.3 Å². The van der Waals surface area contributed by atoms with Crippen LogP contribution < -0.4 is 5.32 Å². The molecule has 4 saturated carbocycles. The monoisotopic (exact) mass is 1020 g/mol. The Labute approximate surface area is 412 Å². The van der Waals surface area contributed by atoms with Crippen LogP contribution in [0.5, 0.6) is 0 Å². The van der Waals surface area contributed by atoms with Gasteiger partial charge in [-0.25, -0.2) is 4.18 Å². The van der Waals surface area contributed by atoms with Crippen molar-refractivity contribution in [2.75, 3.05) is 26.4 Å². The summed E-state index contributed by atoms with van der Waals surface area (Å²) in [6.45, 7) is 19.2. The van der Waals surface area contributed by atoms with E-state index in [1.807, 2.05) is 13.8 Å². The molecule has 8 aliphatic rings. The molecule has 400 valence electrons. The highest BCUT2D eigenvalue weighted by atomic mass is 32.3. The third kappa shape index (κ3) is 8.74. The molecule has 0 aromatic carbocycles. The van der Waals surface area contributed by atoms with Crippen molar-refractivity contribution in [2.45, 2.75) is 206 Å². The molecule has 19 nitrogen and oxygen atoms in total. The molecule has 0 radical (unpaired) electrons. The Hall–Kier alpha value is -1.89. The average Bonchev–Trinajstić information content (AvgIpc) is 3.55. The van der Waals surface area contributed by atoms with E-state index in [1.54, 1.807) is 0 Å². The Morgan fingerprint density at radius 3 is 2.26 bits per heavy atom. The van der Waals surface area contributed by atoms with Crippen molar-refractivity contribution in [1.29, 1.82) is 0 Å². The molecule has 3 saturated heterocycles. The molecule has 7 fully saturated rings. The molecule has 1 amide bonds. The highest BCUT2D eigenvalue weighted by Crippen LogP contribution is 2.79. The zero-order valence-corrected chi connectivity index (χ0v) is 43.1. The minimum absolute atomic E-state index is 0.0196. The number of aliphatic hydroxyl groups is 6. The first-order valence-electron chi connectivity index (χ1n) is 25.6. The molecule has 3 aliphatic heterocycles. The standard InChI is InChI=1S/C50H81NO18S/c1-10-26(2)41(59)51-19-11-12-35(55)66-34-22-49-25-64-50(31(49)20-44(34,3)4)18-14-30-46(7)16-15-33(45(5,6)29(46)13-17-47(30,8)48(50,9)21-32(49)54)67-42-39(36(56)27(53)24-63-42)68-43-40(69-70(60,61)62)38(58)37(57)28(23-52)65-43/h14,18,26-34,36-40,42-43,52-54,56-58H,10-13,15-17,19-25H2,1-9H3,(H,51,59)(H,60,61,62)/t26-,27-,28+,29-,30+,31+,32-,33-,34-,36-,37+,38-,39+,40+,42-,43-,46-,47+,48-,49+,50-/m0/s1. The minimum Gasteiger partial charge on any atom is -0.462 e. The normalized spacial score (nSPS) is 48.5. The molecular formula is C50H81NO18S. The topological polar surface area (TPSA) is 287 Å². The molecule has 0 aromatic rings. The lowest BCUT2D eigenvalue weighted by Crippen LogP contribution is -2.73. The third-order valence-corrected chi connectivity index (χ3v) is 20.4. The number of carbonyl (C=O) groups excluding carboxylic acids is 2. The number of hydrogen-bond acceptors (Lipinski definition) is 17. The first kappa shape index (κ1) is 54.4. The van der Waals surface area contributed by atoms with Gasteiger partial charge >= 0.3 is 16.4 Å². The molecule has 21 atom stereocenters. The number of rotatable bonds is 14. The van der Waals surface area contributed by atoms with E-state index in [-0.39, 0.29) is 59.4 Å². The summed E-state index contributed by atoms with van der Waals surface area (Å²) < 4.78 is 75.6. The van der Waals surface area contributed by atoms with E-state index < -0.39 is 118 Å². The predicted octanol–water partition coefficient (Wildman–Crippen LogP) is 2.71. The highest BCUT2D eigenvalue weighted by Gasteiger charge is 2.80. The molecule has 5 aliphatic carbocycles. The fraction of sp³-hybridized carbons (Fsp3) is 0.920. The number of allylic oxidation sites excluding steroid dienone is 1. The zero-order valence-electron chi connectivity index (χ0n) is 42.3. The van der Waals surface area contributed by atoms with Crippen molar-refractivity contribution in [3.63, 3.8) is 0 Å². The molecule has 8 N–H and O–H groups in total. The lowest BCUT2D eigenvalue weighted by molar-refractivity contribution is -0.365. The summed E-state index contributed by atoms with van der Waals surface area (Å²) >= 11 is 0. The van der Waals surface area contributed by atoms with Gasteiger partial charge in [0, 0.05) is 41.0 Å². The maximum Gasteiger partial charge on any atom is 0.397 e. The number of carbonyl (C=O) groups is 2. The van der Waals surface area contributed by atoms with Crippen molar-refractivity contribution >= 4 is 22.3 Å². The van der Waals surface area contributed by atoms with E-state index in [0.717, 1.165) is 25.7 Å². The number of amides is 1. The van der Waals surface area contributed by atoms with Crippen molar-refractivity contribution in [3.05, 3.63) is 12.2 Å². The second-order valence-electron chi connectivity index (χ2n) is 24.4. The van der Waals surface area contributed by atoms with Crippen LogP contribution in [0.25, 0.3) is 0 Å². The van der Waals surface area contributed by atoms with E-state index in [9.17, 15) is 53.2 Å². The lowest BCUT2D eigenvalue weighted by atomic mass is 9.32. The van der Waals surface area contributed by atoms with Gasteiger partial charge in [0.1, 0.15) is 42.7 Å². The smallest absolute Gasteiger partial charge is 0.397 e. The molecule has 2 bridgehead atoms. The predicted molar refractivity (Wildman–Crippen MR) is 248 cm³/mol. The zero-order chi connectivity index (χ0) is 51.4. The van der Waals surface area contributed by atoms with Gasteiger partial charge in [0.15, 0.2) is 18.7 Å². The first-order valence-corrected chi connectivity index (χ1v) is 27.0. The number of hydrogen-bond donors (Lipinski definition) is 8. The Morgan fingerprint density at radius 1 is 0.871 bits per heavy atom. The maximum atomic E-state index is 13.3. The highest BCUT2D eigenvalue weighted by molar-refractivity contribution is 7.80. The summed E-state index contributed by atoms with van der Waals surface area (Å²) in [5, 5.41) is 68.7. The molecule has 1 spiro atoms. The van der Waals surface area contributed by atoms with Crippen LogP contribution in [0.1, 0.15) is 127 Å². The van der Waals surface area contributed by atoms with Gasteiger partial charge < -0.3 is 64.4 Å². The second kappa shape index (κ2) is 19.0. The van der Waals surface area contributed by atoms with Gasteiger partial charge in [-0.2, -0.15) is 8.42 Å². The number of aliphatic hydroxyl groups excluding tert-OH is 6. The van der Waals surface area contributed by atoms with E-state index in [2.05, 4.69) is 70.1 Å². The first-order chi connectivity index (χ1) is 32.6. The average molecular weight is 1020 g/mol.